The minimum absolute atomic E-state index is 0.219. The summed E-state index contributed by atoms with van der Waals surface area (Å²) in [7, 11) is 0. The van der Waals surface area contributed by atoms with E-state index in [0.29, 0.717) is 28.4 Å². The highest BCUT2D eigenvalue weighted by molar-refractivity contribution is 7.99. The maximum atomic E-state index is 12.4. The lowest BCUT2D eigenvalue weighted by Crippen LogP contribution is -2.34. The molecule has 0 aromatic carbocycles. The number of rotatable bonds is 4. The number of nitrogens with one attached hydrogen (secondary N) is 1. The van der Waals surface area contributed by atoms with E-state index >= 15 is 0 Å². The van der Waals surface area contributed by atoms with Crippen LogP contribution in [0.3, 0.4) is 0 Å². The Hall–Kier alpha value is -1.38. The molecule has 0 radical (unpaired) electrons. The molecular weight excluding hydrogens is 324 g/mol. The van der Waals surface area contributed by atoms with Gasteiger partial charge >= 0.3 is 0 Å². The molecule has 0 amide bonds. The van der Waals surface area contributed by atoms with E-state index in [9.17, 15) is 14.7 Å². The molecule has 0 saturated heterocycles. The number of hydrogen-bond donors (Lipinski definition) is 1. The van der Waals surface area contributed by atoms with E-state index in [1.165, 1.54) is 11.3 Å². The van der Waals surface area contributed by atoms with Crippen molar-refractivity contribution in [2.45, 2.75) is 44.1 Å². The van der Waals surface area contributed by atoms with Crippen LogP contribution in [-0.2, 0) is 22.6 Å². The van der Waals surface area contributed by atoms with Crippen LogP contribution in [0.1, 0.15) is 30.7 Å². The smallest absolute Gasteiger partial charge is 0.260 e. The molecule has 8 heteroatoms. The van der Waals surface area contributed by atoms with Crippen molar-refractivity contribution in [1.82, 2.24) is 9.97 Å². The third-order valence-electron chi connectivity index (χ3n) is 3.90. The molecule has 0 saturated carbocycles. The van der Waals surface area contributed by atoms with E-state index in [4.69, 9.17) is 4.74 Å². The lowest BCUT2D eigenvalue weighted by molar-refractivity contribution is -0.301. The van der Waals surface area contributed by atoms with Gasteiger partial charge in [-0.05, 0) is 18.9 Å². The first-order valence-corrected chi connectivity index (χ1v) is 8.73. The van der Waals surface area contributed by atoms with Crippen molar-refractivity contribution >= 4 is 39.3 Å². The number of thioether (sulfide) groups is 1. The van der Waals surface area contributed by atoms with Crippen LogP contribution in [0, 0.1) is 0 Å². The summed E-state index contributed by atoms with van der Waals surface area (Å²) in [5, 5.41) is 11.4. The van der Waals surface area contributed by atoms with Gasteiger partial charge in [0.05, 0.1) is 23.6 Å². The molecule has 0 fully saturated rings. The average molecular weight is 339 g/mol. The van der Waals surface area contributed by atoms with Gasteiger partial charge in [0.2, 0.25) is 0 Å². The third-order valence-corrected chi connectivity index (χ3v) is 5.85. The first-order valence-electron chi connectivity index (χ1n) is 6.93. The maximum absolute atomic E-state index is 12.4. The van der Waals surface area contributed by atoms with E-state index in [-0.39, 0.29) is 16.9 Å². The lowest BCUT2D eigenvalue weighted by Gasteiger charge is -2.32. The van der Waals surface area contributed by atoms with Crippen LogP contribution in [-0.4, -0.2) is 27.3 Å². The Morgan fingerprint density at radius 3 is 3.05 bits per heavy atom. The van der Waals surface area contributed by atoms with Gasteiger partial charge in [-0.15, -0.1) is 11.3 Å². The highest BCUT2D eigenvalue weighted by atomic mass is 32.2. The summed E-state index contributed by atoms with van der Waals surface area (Å²) >= 11 is 2.40. The summed E-state index contributed by atoms with van der Waals surface area (Å²) < 4.78 is 5.90. The van der Waals surface area contributed by atoms with Crippen molar-refractivity contribution in [2.75, 3.05) is 5.75 Å². The van der Waals surface area contributed by atoms with Gasteiger partial charge in [-0.25, -0.2) is 4.98 Å². The van der Waals surface area contributed by atoms with Crippen LogP contribution in [0.5, 0.6) is 0 Å². The molecule has 6 nitrogen and oxygen atoms in total. The SMILES string of the molecule is CC[C@@]1(C)Cc2c(sc3nc(SCC(=O)[O-])[nH]c(=O)c23)CO1. The van der Waals surface area contributed by atoms with E-state index in [0.717, 1.165) is 28.6 Å². The van der Waals surface area contributed by atoms with E-state index in [1.54, 1.807) is 0 Å². The molecular formula is C14H15N2O4S2-. The minimum atomic E-state index is -1.19. The first kappa shape index (κ1) is 15.5. The molecule has 1 atom stereocenters. The van der Waals surface area contributed by atoms with Crippen LogP contribution >= 0.6 is 23.1 Å². The lowest BCUT2D eigenvalue weighted by atomic mass is 9.90. The van der Waals surface area contributed by atoms with Crippen molar-refractivity contribution in [3.63, 3.8) is 0 Å². The monoisotopic (exact) mass is 339 g/mol. The maximum Gasteiger partial charge on any atom is 0.260 e. The molecule has 0 aliphatic carbocycles. The average Bonchev–Trinajstić information content (AvgIpc) is 2.83. The van der Waals surface area contributed by atoms with Crippen LogP contribution in [0.4, 0.5) is 0 Å². The van der Waals surface area contributed by atoms with E-state index in [1.807, 2.05) is 6.92 Å². The predicted molar refractivity (Wildman–Crippen MR) is 83.2 cm³/mol. The summed E-state index contributed by atoms with van der Waals surface area (Å²) in [6.45, 7) is 4.60. The molecule has 3 heterocycles. The Bertz CT molecular complexity index is 798. The normalized spacial score (nSPS) is 21.0. The zero-order valence-corrected chi connectivity index (χ0v) is 13.9. The Balaban J connectivity index is 2.04. The van der Waals surface area contributed by atoms with Gasteiger partial charge in [-0.1, -0.05) is 18.7 Å². The topological polar surface area (TPSA) is 95.1 Å². The quantitative estimate of drug-likeness (QED) is 0.661. The fourth-order valence-electron chi connectivity index (χ4n) is 2.48. The highest BCUT2D eigenvalue weighted by Crippen LogP contribution is 2.38. The second-order valence-corrected chi connectivity index (χ2v) is 7.53. The van der Waals surface area contributed by atoms with Gasteiger partial charge in [-0.3, -0.25) is 4.79 Å². The van der Waals surface area contributed by atoms with Crippen molar-refractivity contribution in [3.8, 4) is 0 Å². The molecule has 118 valence electrons. The molecule has 0 bridgehead atoms. The second kappa shape index (κ2) is 5.68. The first-order chi connectivity index (χ1) is 10.4. The standard InChI is InChI=1S/C14H16N2O4S2/c1-3-14(2)4-7-8(5-20-14)22-12-10(7)11(19)15-13(16-12)21-6-9(17)18/h3-6H2,1-2H3,(H,17,18)(H,15,16,19)/p-1/t14-/m0/s1. The number of thiophene rings is 1. The molecule has 1 aliphatic rings. The van der Waals surface area contributed by atoms with Crippen molar-refractivity contribution in [2.24, 2.45) is 0 Å². The number of carbonyl (C=O) groups is 1. The van der Waals surface area contributed by atoms with Gasteiger partial charge < -0.3 is 19.6 Å². The Morgan fingerprint density at radius 1 is 1.59 bits per heavy atom. The Kier molecular flexibility index (Phi) is 4.00. The largest absolute Gasteiger partial charge is 0.549 e. The molecule has 3 rings (SSSR count). The molecule has 1 aliphatic heterocycles. The predicted octanol–water partition coefficient (Wildman–Crippen LogP) is 1.07. The summed E-state index contributed by atoms with van der Waals surface area (Å²) in [4.78, 5) is 31.6. The summed E-state index contributed by atoms with van der Waals surface area (Å²) in [5.41, 5.74) is 0.542. The fraction of sp³-hybridized carbons (Fsp3) is 0.500. The summed E-state index contributed by atoms with van der Waals surface area (Å²) in [5.74, 6) is -1.43. The molecule has 0 unspecified atom stereocenters. The number of aromatic nitrogens is 2. The van der Waals surface area contributed by atoms with Gasteiger partial charge in [-0.2, -0.15) is 0 Å². The number of nitrogens with zero attached hydrogens (tertiary/aromatic N) is 1. The zero-order chi connectivity index (χ0) is 15.9. The van der Waals surface area contributed by atoms with Gasteiger partial charge in [0, 0.05) is 17.1 Å². The fourth-order valence-corrected chi connectivity index (χ4v) is 4.22. The molecule has 2 aromatic heterocycles. The Labute approximate surface area is 134 Å². The highest BCUT2D eigenvalue weighted by Gasteiger charge is 2.32. The van der Waals surface area contributed by atoms with Gasteiger partial charge in [0.25, 0.3) is 5.56 Å². The zero-order valence-electron chi connectivity index (χ0n) is 12.2. The van der Waals surface area contributed by atoms with E-state index < -0.39 is 5.97 Å². The number of H-pyrrole nitrogens is 1. The number of aromatic amines is 1. The van der Waals surface area contributed by atoms with Gasteiger partial charge in [0.1, 0.15) is 4.83 Å². The van der Waals surface area contributed by atoms with E-state index in [2.05, 4.69) is 16.9 Å². The van der Waals surface area contributed by atoms with Crippen LogP contribution < -0.4 is 10.7 Å². The Morgan fingerprint density at radius 2 is 2.36 bits per heavy atom. The summed E-state index contributed by atoms with van der Waals surface area (Å²) in [6.07, 6.45) is 1.56. The molecule has 0 spiro atoms. The molecule has 22 heavy (non-hydrogen) atoms. The number of carboxylic acids is 1. The van der Waals surface area contributed by atoms with Crippen molar-refractivity contribution in [1.29, 1.82) is 0 Å². The number of ether oxygens (including phenoxy) is 1. The molecule has 2 aromatic rings. The third kappa shape index (κ3) is 2.78. The number of carbonyl (C=O) groups excluding carboxylic acids is 1. The van der Waals surface area contributed by atoms with Crippen LogP contribution in [0.15, 0.2) is 9.95 Å². The molecule has 1 N–H and O–H groups in total. The van der Waals surface area contributed by atoms with Crippen molar-refractivity contribution in [3.05, 3.63) is 20.8 Å². The number of carboxylic acid groups (broad SMARTS) is 1. The number of fused-ring (bicyclic) bond motifs is 3. The van der Waals surface area contributed by atoms with Crippen LogP contribution in [0.25, 0.3) is 10.2 Å². The number of hydrogen-bond acceptors (Lipinski definition) is 7. The van der Waals surface area contributed by atoms with Crippen LogP contribution in [0.2, 0.25) is 0 Å². The minimum Gasteiger partial charge on any atom is -0.549 e. The second-order valence-electron chi connectivity index (χ2n) is 5.48. The number of aliphatic carboxylic acids is 1. The van der Waals surface area contributed by atoms with Crippen molar-refractivity contribution < 1.29 is 14.6 Å². The van der Waals surface area contributed by atoms with Gasteiger partial charge in [0.15, 0.2) is 5.16 Å². The summed E-state index contributed by atoms with van der Waals surface area (Å²) in [6, 6.07) is 0.